The summed E-state index contributed by atoms with van der Waals surface area (Å²) in [4.78, 5) is 0. The molecule has 1 atom stereocenters. The summed E-state index contributed by atoms with van der Waals surface area (Å²) in [7, 11) is 0. The zero-order valence-corrected chi connectivity index (χ0v) is 9.49. The molecule has 0 saturated carbocycles. The topological polar surface area (TPSA) is 24.1 Å². The van der Waals surface area contributed by atoms with Gasteiger partial charge in [0.25, 0.3) is 0 Å². The molecule has 0 spiro atoms. The van der Waals surface area contributed by atoms with Gasteiger partial charge in [0.2, 0.25) is 0 Å². The third-order valence-electron chi connectivity index (χ3n) is 2.88. The van der Waals surface area contributed by atoms with Crippen molar-refractivity contribution in [3.05, 3.63) is 22.4 Å². The van der Waals surface area contributed by atoms with Crippen LogP contribution in [0.4, 0.5) is 0 Å². The molecule has 0 bridgehead atoms. The Labute approximate surface area is 89.7 Å². The van der Waals surface area contributed by atoms with E-state index in [9.17, 15) is 0 Å². The van der Waals surface area contributed by atoms with Crippen molar-refractivity contribution in [2.45, 2.75) is 31.8 Å². The van der Waals surface area contributed by atoms with Crippen LogP contribution in [-0.2, 0) is 6.54 Å². The standard InChI is InChI=1S/C11H18N2S/c1-11(4-2-5-13-11)9-12-7-10-3-6-14-8-10/h3,6,8,12-13H,2,4-5,7,9H2,1H3. The molecule has 2 nitrogen and oxygen atoms in total. The van der Waals surface area contributed by atoms with Gasteiger partial charge in [0.15, 0.2) is 0 Å². The van der Waals surface area contributed by atoms with Crippen molar-refractivity contribution >= 4 is 11.3 Å². The van der Waals surface area contributed by atoms with Gasteiger partial charge in [-0.25, -0.2) is 0 Å². The fourth-order valence-corrected chi connectivity index (χ4v) is 2.65. The predicted octanol–water partition coefficient (Wildman–Crippen LogP) is 1.98. The summed E-state index contributed by atoms with van der Waals surface area (Å²) in [6, 6.07) is 2.18. The van der Waals surface area contributed by atoms with Crippen LogP contribution in [0.5, 0.6) is 0 Å². The molecule has 3 heteroatoms. The summed E-state index contributed by atoms with van der Waals surface area (Å²) in [5.41, 5.74) is 1.73. The van der Waals surface area contributed by atoms with E-state index in [1.807, 2.05) is 0 Å². The van der Waals surface area contributed by atoms with Crippen molar-refractivity contribution in [3.63, 3.8) is 0 Å². The van der Waals surface area contributed by atoms with Crippen molar-refractivity contribution in [2.75, 3.05) is 13.1 Å². The Morgan fingerprint density at radius 1 is 1.64 bits per heavy atom. The Kier molecular flexibility index (Phi) is 3.21. The van der Waals surface area contributed by atoms with E-state index in [1.54, 1.807) is 11.3 Å². The Balaban J connectivity index is 1.72. The summed E-state index contributed by atoms with van der Waals surface area (Å²) < 4.78 is 0. The van der Waals surface area contributed by atoms with Gasteiger partial charge < -0.3 is 10.6 Å². The fraction of sp³-hybridized carbons (Fsp3) is 0.636. The highest BCUT2D eigenvalue weighted by Crippen LogP contribution is 2.17. The largest absolute Gasteiger partial charge is 0.311 e. The lowest BCUT2D eigenvalue weighted by atomic mass is 10.0. The number of hydrogen-bond donors (Lipinski definition) is 2. The highest BCUT2D eigenvalue weighted by Gasteiger charge is 2.26. The second-order valence-corrected chi connectivity index (χ2v) is 5.11. The van der Waals surface area contributed by atoms with Gasteiger partial charge in [0.05, 0.1) is 0 Å². The highest BCUT2D eigenvalue weighted by molar-refractivity contribution is 7.07. The van der Waals surface area contributed by atoms with Crippen LogP contribution in [0.2, 0.25) is 0 Å². The Bertz CT molecular complexity index is 263. The molecule has 1 unspecified atom stereocenters. The molecule has 78 valence electrons. The first-order valence-electron chi connectivity index (χ1n) is 5.25. The average Bonchev–Trinajstić information content (AvgIpc) is 2.77. The van der Waals surface area contributed by atoms with Crippen LogP contribution >= 0.6 is 11.3 Å². The van der Waals surface area contributed by atoms with Crippen LogP contribution in [0.3, 0.4) is 0 Å². The molecule has 0 amide bonds. The Hall–Kier alpha value is -0.380. The predicted molar refractivity (Wildman–Crippen MR) is 61.7 cm³/mol. The molecule has 2 N–H and O–H groups in total. The van der Waals surface area contributed by atoms with Gasteiger partial charge in [0, 0.05) is 18.6 Å². The molecule has 0 aromatic carbocycles. The fourth-order valence-electron chi connectivity index (χ4n) is 1.98. The third kappa shape index (κ3) is 2.56. The minimum absolute atomic E-state index is 0.329. The van der Waals surface area contributed by atoms with E-state index in [0.717, 1.165) is 13.1 Å². The zero-order valence-electron chi connectivity index (χ0n) is 8.68. The number of rotatable bonds is 4. The first-order chi connectivity index (χ1) is 6.79. The van der Waals surface area contributed by atoms with E-state index in [1.165, 1.54) is 24.9 Å². The van der Waals surface area contributed by atoms with Gasteiger partial charge in [-0.3, -0.25) is 0 Å². The molecule has 2 heterocycles. The van der Waals surface area contributed by atoms with Crippen LogP contribution in [0.15, 0.2) is 16.8 Å². The van der Waals surface area contributed by atoms with Crippen molar-refractivity contribution < 1.29 is 0 Å². The minimum Gasteiger partial charge on any atom is -0.311 e. The SMILES string of the molecule is CC1(CNCc2ccsc2)CCCN1. The maximum Gasteiger partial charge on any atom is 0.0278 e. The van der Waals surface area contributed by atoms with E-state index < -0.39 is 0 Å². The first-order valence-corrected chi connectivity index (χ1v) is 6.20. The Morgan fingerprint density at radius 2 is 2.57 bits per heavy atom. The van der Waals surface area contributed by atoms with Crippen molar-refractivity contribution in [2.24, 2.45) is 0 Å². The second-order valence-electron chi connectivity index (χ2n) is 4.33. The molecular weight excluding hydrogens is 192 g/mol. The van der Waals surface area contributed by atoms with Gasteiger partial charge >= 0.3 is 0 Å². The molecule has 14 heavy (non-hydrogen) atoms. The number of hydrogen-bond acceptors (Lipinski definition) is 3. The molecule has 1 aliphatic heterocycles. The minimum atomic E-state index is 0.329. The van der Waals surface area contributed by atoms with Gasteiger partial charge in [-0.2, -0.15) is 11.3 Å². The van der Waals surface area contributed by atoms with Crippen molar-refractivity contribution in [1.29, 1.82) is 0 Å². The van der Waals surface area contributed by atoms with Gasteiger partial charge in [-0.1, -0.05) is 0 Å². The highest BCUT2D eigenvalue weighted by atomic mass is 32.1. The maximum absolute atomic E-state index is 3.55. The first kappa shape index (κ1) is 10.1. The third-order valence-corrected chi connectivity index (χ3v) is 3.61. The van der Waals surface area contributed by atoms with E-state index >= 15 is 0 Å². The normalized spacial score (nSPS) is 26.9. The van der Waals surface area contributed by atoms with Crippen molar-refractivity contribution in [1.82, 2.24) is 10.6 Å². The molecule has 0 radical (unpaired) electrons. The van der Waals surface area contributed by atoms with E-state index in [0.29, 0.717) is 5.54 Å². The summed E-state index contributed by atoms with van der Waals surface area (Å²) in [6.45, 7) is 5.56. The molecule has 1 fully saturated rings. The maximum atomic E-state index is 3.55. The number of nitrogens with one attached hydrogen (secondary N) is 2. The molecule has 1 aliphatic rings. The second kappa shape index (κ2) is 4.43. The van der Waals surface area contributed by atoms with Crippen LogP contribution in [0.1, 0.15) is 25.3 Å². The van der Waals surface area contributed by atoms with E-state index in [-0.39, 0.29) is 0 Å². The molecule has 1 aromatic heterocycles. The molecule has 2 rings (SSSR count). The quantitative estimate of drug-likeness (QED) is 0.794. The lowest BCUT2D eigenvalue weighted by molar-refractivity contribution is 0.385. The van der Waals surface area contributed by atoms with Gasteiger partial charge in [-0.15, -0.1) is 0 Å². The zero-order chi connectivity index (χ0) is 9.86. The molecule has 1 saturated heterocycles. The molecule has 0 aliphatic carbocycles. The van der Waals surface area contributed by atoms with Gasteiger partial charge in [0.1, 0.15) is 0 Å². The summed E-state index contributed by atoms with van der Waals surface area (Å²) in [5.74, 6) is 0. The monoisotopic (exact) mass is 210 g/mol. The molecule has 1 aromatic rings. The number of thiophene rings is 1. The van der Waals surface area contributed by atoms with E-state index in [4.69, 9.17) is 0 Å². The smallest absolute Gasteiger partial charge is 0.0278 e. The van der Waals surface area contributed by atoms with E-state index in [2.05, 4.69) is 34.4 Å². The van der Waals surface area contributed by atoms with Crippen LogP contribution in [0.25, 0.3) is 0 Å². The Morgan fingerprint density at radius 3 is 3.21 bits per heavy atom. The molecular formula is C11H18N2S. The van der Waals surface area contributed by atoms with Crippen LogP contribution in [0, 0.1) is 0 Å². The van der Waals surface area contributed by atoms with Crippen LogP contribution < -0.4 is 10.6 Å². The average molecular weight is 210 g/mol. The van der Waals surface area contributed by atoms with Crippen LogP contribution in [-0.4, -0.2) is 18.6 Å². The lowest BCUT2D eigenvalue weighted by Gasteiger charge is -2.24. The summed E-state index contributed by atoms with van der Waals surface area (Å²) >= 11 is 1.77. The van der Waals surface area contributed by atoms with Crippen molar-refractivity contribution in [3.8, 4) is 0 Å². The lowest BCUT2D eigenvalue weighted by Crippen LogP contribution is -2.45. The summed E-state index contributed by atoms with van der Waals surface area (Å²) in [5, 5.41) is 11.4. The summed E-state index contributed by atoms with van der Waals surface area (Å²) in [6.07, 6.45) is 2.61. The van der Waals surface area contributed by atoms with Gasteiger partial charge in [-0.05, 0) is 48.7 Å².